The van der Waals surface area contributed by atoms with Crippen LogP contribution in [0.25, 0.3) is 0 Å². The molecule has 118 valence electrons. The van der Waals surface area contributed by atoms with E-state index in [0.29, 0.717) is 23.5 Å². The summed E-state index contributed by atoms with van der Waals surface area (Å²) in [5, 5.41) is 3.00. The van der Waals surface area contributed by atoms with Crippen molar-refractivity contribution in [2.24, 2.45) is 5.41 Å². The van der Waals surface area contributed by atoms with Gasteiger partial charge in [0.15, 0.2) is 0 Å². The van der Waals surface area contributed by atoms with Crippen molar-refractivity contribution in [3.05, 3.63) is 23.8 Å². The number of ether oxygens (including phenoxy) is 1. The van der Waals surface area contributed by atoms with Crippen LogP contribution in [0.1, 0.15) is 56.8 Å². The van der Waals surface area contributed by atoms with Crippen molar-refractivity contribution < 1.29 is 9.53 Å². The van der Waals surface area contributed by atoms with Gasteiger partial charge < -0.3 is 15.8 Å². The SMILES string of the molecule is CCCCCC(C)(C)CNC(=O)c1ccc(N)cc1OC. The average Bonchev–Trinajstić information content (AvgIpc) is 2.45. The number of nitrogen functional groups attached to an aromatic ring is 1. The molecule has 1 aromatic carbocycles. The van der Waals surface area contributed by atoms with Gasteiger partial charge in [-0.3, -0.25) is 4.79 Å². The molecule has 4 heteroatoms. The van der Waals surface area contributed by atoms with Gasteiger partial charge in [-0.1, -0.05) is 40.0 Å². The molecule has 0 fully saturated rings. The van der Waals surface area contributed by atoms with E-state index in [1.54, 1.807) is 25.3 Å². The summed E-state index contributed by atoms with van der Waals surface area (Å²) in [6, 6.07) is 5.08. The van der Waals surface area contributed by atoms with Gasteiger partial charge in [0.1, 0.15) is 5.75 Å². The maximum absolute atomic E-state index is 12.3. The van der Waals surface area contributed by atoms with Crippen molar-refractivity contribution >= 4 is 11.6 Å². The third-order valence-corrected chi connectivity index (χ3v) is 3.65. The van der Waals surface area contributed by atoms with E-state index in [2.05, 4.69) is 26.1 Å². The molecule has 0 bridgehead atoms. The van der Waals surface area contributed by atoms with Crippen LogP contribution >= 0.6 is 0 Å². The third-order valence-electron chi connectivity index (χ3n) is 3.65. The molecule has 21 heavy (non-hydrogen) atoms. The minimum absolute atomic E-state index is 0.103. The second-order valence-electron chi connectivity index (χ2n) is 6.26. The molecule has 4 nitrogen and oxygen atoms in total. The van der Waals surface area contributed by atoms with Gasteiger partial charge in [0.25, 0.3) is 5.91 Å². The van der Waals surface area contributed by atoms with Crippen LogP contribution in [0.15, 0.2) is 18.2 Å². The van der Waals surface area contributed by atoms with E-state index in [0.717, 1.165) is 6.42 Å². The molecule has 0 unspecified atom stereocenters. The fourth-order valence-electron chi connectivity index (χ4n) is 2.25. The van der Waals surface area contributed by atoms with Crippen LogP contribution in [0.4, 0.5) is 5.69 Å². The molecule has 1 rings (SSSR count). The summed E-state index contributed by atoms with van der Waals surface area (Å²) in [5.74, 6) is 0.395. The lowest BCUT2D eigenvalue weighted by molar-refractivity contribution is 0.0931. The van der Waals surface area contributed by atoms with Gasteiger partial charge in [-0.2, -0.15) is 0 Å². The molecule has 1 aromatic rings. The van der Waals surface area contributed by atoms with Crippen LogP contribution in [0.5, 0.6) is 5.75 Å². The third kappa shape index (κ3) is 5.66. The van der Waals surface area contributed by atoms with Gasteiger partial charge in [-0.05, 0) is 24.0 Å². The van der Waals surface area contributed by atoms with E-state index in [1.165, 1.54) is 19.3 Å². The zero-order valence-corrected chi connectivity index (χ0v) is 13.7. The molecule has 0 heterocycles. The molecule has 0 saturated carbocycles. The number of hydrogen-bond acceptors (Lipinski definition) is 3. The molecule has 0 saturated heterocycles. The van der Waals surface area contributed by atoms with Gasteiger partial charge in [0, 0.05) is 18.3 Å². The average molecular weight is 292 g/mol. The quantitative estimate of drug-likeness (QED) is 0.568. The van der Waals surface area contributed by atoms with E-state index < -0.39 is 0 Å². The maximum atomic E-state index is 12.3. The smallest absolute Gasteiger partial charge is 0.255 e. The number of carbonyl (C=O) groups is 1. The highest BCUT2D eigenvalue weighted by atomic mass is 16.5. The van der Waals surface area contributed by atoms with Crippen LogP contribution < -0.4 is 15.8 Å². The van der Waals surface area contributed by atoms with Crippen LogP contribution in [0, 0.1) is 5.41 Å². The highest BCUT2D eigenvalue weighted by Crippen LogP contribution is 2.24. The lowest BCUT2D eigenvalue weighted by atomic mass is 9.87. The molecular formula is C17H28N2O2. The monoisotopic (exact) mass is 292 g/mol. The van der Waals surface area contributed by atoms with Crippen LogP contribution in [-0.2, 0) is 0 Å². The van der Waals surface area contributed by atoms with Crippen LogP contribution in [-0.4, -0.2) is 19.6 Å². The molecular weight excluding hydrogens is 264 g/mol. The van der Waals surface area contributed by atoms with Crippen LogP contribution in [0.3, 0.4) is 0 Å². The zero-order chi connectivity index (χ0) is 15.9. The van der Waals surface area contributed by atoms with E-state index in [9.17, 15) is 4.79 Å². The van der Waals surface area contributed by atoms with E-state index in [-0.39, 0.29) is 11.3 Å². The molecule has 0 spiro atoms. The summed E-state index contributed by atoms with van der Waals surface area (Å²) >= 11 is 0. The van der Waals surface area contributed by atoms with Crippen LogP contribution in [0.2, 0.25) is 0 Å². The Hall–Kier alpha value is -1.71. The Labute approximate surface area is 128 Å². The number of anilines is 1. The standard InChI is InChI=1S/C17H28N2O2/c1-5-6-7-10-17(2,3)12-19-16(20)14-9-8-13(18)11-15(14)21-4/h8-9,11H,5-7,10,12,18H2,1-4H3,(H,19,20). The first-order valence-electron chi connectivity index (χ1n) is 7.61. The molecule has 0 atom stereocenters. The number of methoxy groups -OCH3 is 1. The second-order valence-corrected chi connectivity index (χ2v) is 6.26. The summed E-state index contributed by atoms with van der Waals surface area (Å²) < 4.78 is 5.22. The highest BCUT2D eigenvalue weighted by Gasteiger charge is 2.20. The summed E-state index contributed by atoms with van der Waals surface area (Å²) in [6.45, 7) is 7.22. The number of unbranched alkanes of at least 4 members (excludes halogenated alkanes) is 2. The molecule has 3 N–H and O–H groups in total. The largest absolute Gasteiger partial charge is 0.496 e. The Kier molecular flexibility index (Phi) is 6.53. The second kappa shape index (κ2) is 7.91. The number of rotatable bonds is 8. The molecule has 0 aliphatic carbocycles. The van der Waals surface area contributed by atoms with Gasteiger partial charge in [0.2, 0.25) is 0 Å². The van der Waals surface area contributed by atoms with E-state index in [4.69, 9.17) is 10.5 Å². The first kappa shape index (κ1) is 17.3. The number of hydrogen-bond donors (Lipinski definition) is 2. The van der Waals surface area contributed by atoms with Gasteiger partial charge >= 0.3 is 0 Å². The molecule has 0 aliphatic rings. The highest BCUT2D eigenvalue weighted by molar-refractivity contribution is 5.97. The number of nitrogens with one attached hydrogen (secondary N) is 1. The van der Waals surface area contributed by atoms with Crippen molar-refractivity contribution in [1.82, 2.24) is 5.32 Å². The van der Waals surface area contributed by atoms with E-state index >= 15 is 0 Å². The summed E-state index contributed by atoms with van der Waals surface area (Å²) in [5.41, 5.74) is 6.92. The Balaban J connectivity index is 2.61. The predicted molar refractivity (Wildman–Crippen MR) is 87.7 cm³/mol. The van der Waals surface area contributed by atoms with Gasteiger partial charge in [-0.15, -0.1) is 0 Å². The molecule has 0 aromatic heterocycles. The number of nitrogens with two attached hydrogens (primary N) is 1. The fourth-order valence-corrected chi connectivity index (χ4v) is 2.25. The maximum Gasteiger partial charge on any atom is 0.255 e. The van der Waals surface area contributed by atoms with E-state index in [1.807, 2.05) is 0 Å². The van der Waals surface area contributed by atoms with Gasteiger partial charge in [0.05, 0.1) is 12.7 Å². The van der Waals surface area contributed by atoms with Crippen molar-refractivity contribution in [2.75, 3.05) is 19.4 Å². The lowest BCUT2D eigenvalue weighted by Crippen LogP contribution is -2.34. The van der Waals surface area contributed by atoms with Crippen molar-refractivity contribution in [2.45, 2.75) is 46.5 Å². The minimum Gasteiger partial charge on any atom is -0.496 e. The summed E-state index contributed by atoms with van der Waals surface area (Å²) in [7, 11) is 1.54. The Morgan fingerprint density at radius 2 is 2.05 bits per heavy atom. The Bertz CT molecular complexity index is 470. The Morgan fingerprint density at radius 3 is 2.67 bits per heavy atom. The topological polar surface area (TPSA) is 64.4 Å². The van der Waals surface area contributed by atoms with Crippen molar-refractivity contribution in [3.63, 3.8) is 0 Å². The normalized spacial score (nSPS) is 11.2. The summed E-state index contributed by atoms with van der Waals surface area (Å²) in [4.78, 5) is 12.3. The molecule has 0 aliphatic heterocycles. The fraction of sp³-hybridized carbons (Fsp3) is 0.588. The first-order valence-corrected chi connectivity index (χ1v) is 7.61. The molecule has 0 radical (unpaired) electrons. The molecule has 1 amide bonds. The number of benzene rings is 1. The lowest BCUT2D eigenvalue weighted by Gasteiger charge is -2.25. The van der Waals surface area contributed by atoms with Gasteiger partial charge in [-0.25, -0.2) is 0 Å². The summed E-state index contributed by atoms with van der Waals surface area (Å²) in [6.07, 6.45) is 4.76. The number of amides is 1. The number of carbonyl (C=O) groups excluding carboxylic acids is 1. The Morgan fingerprint density at radius 1 is 1.33 bits per heavy atom. The zero-order valence-electron chi connectivity index (χ0n) is 13.7. The van der Waals surface area contributed by atoms with Crippen molar-refractivity contribution in [1.29, 1.82) is 0 Å². The predicted octanol–water partition coefficient (Wildman–Crippen LogP) is 3.61. The first-order chi connectivity index (χ1) is 9.89. The van der Waals surface area contributed by atoms with Crippen molar-refractivity contribution in [3.8, 4) is 5.75 Å². The minimum atomic E-state index is -0.115.